The van der Waals surface area contributed by atoms with E-state index in [-0.39, 0.29) is 24.7 Å². The number of piperidine rings is 1. The maximum atomic E-state index is 12.4. The van der Waals surface area contributed by atoms with Crippen LogP contribution in [0.3, 0.4) is 0 Å². The first-order valence-corrected chi connectivity index (χ1v) is 15.9. The molecule has 40 heavy (non-hydrogen) atoms. The summed E-state index contributed by atoms with van der Waals surface area (Å²) in [7, 11) is -4.06. The van der Waals surface area contributed by atoms with Gasteiger partial charge in [-0.1, -0.05) is 34.4 Å². The van der Waals surface area contributed by atoms with E-state index in [4.69, 9.17) is 37.0 Å². The number of rotatable bonds is 11. The first-order chi connectivity index (χ1) is 19.2. The number of fused-ring (bicyclic) bond motifs is 2. The Hall–Kier alpha value is -2.43. The highest BCUT2D eigenvalue weighted by atomic mass is 35.5. The second-order valence-corrected chi connectivity index (χ2v) is 13.4. The number of anilines is 1. The van der Waals surface area contributed by atoms with Gasteiger partial charge in [0.25, 0.3) is 10.1 Å². The Labute approximate surface area is 243 Å². The molecule has 1 N–H and O–H groups in total. The predicted octanol–water partition coefficient (Wildman–Crippen LogP) is 6.56. The molecule has 1 aromatic heterocycles. The monoisotopic (exact) mass is 604 g/mol. The van der Waals surface area contributed by atoms with E-state index in [1.807, 2.05) is 18.2 Å². The summed E-state index contributed by atoms with van der Waals surface area (Å²) in [5.41, 5.74) is 3.88. The van der Waals surface area contributed by atoms with Gasteiger partial charge in [0.1, 0.15) is 11.5 Å². The molecule has 6 rings (SSSR count). The molecule has 3 aliphatic rings. The summed E-state index contributed by atoms with van der Waals surface area (Å²) in [5, 5.41) is 5.43. The van der Waals surface area contributed by atoms with Crippen LogP contribution in [0.2, 0.25) is 10.0 Å². The molecule has 3 atom stereocenters. The predicted molar refractivity (Wildman–Crippen MR) is 153 cm³/mol. The molecular weight excluding hydrogens is 575 g/mol. The van der Waals surface area contributed by atoms with Crippen molar-refractivity contribution in [2.75, 3.05) is 17.2 Å². The normalized spacial score (nSPS) is 22.3. The number of ether oxygens (including phenoxy) is 1. The third-order valence-electron chi connectivity index (χ3n) is 8.21. The number of benzene rings is 2. The van der Waals surface area contributed by atoms with Gasteiger partial charge < -0.3 is 14.2 Å². The van der Waals surface area contributed by atoms with Crippen LogP contribution in [-0.2, 0) is 21.5 Å². The van der Waals surface area contributed by atoms with Gasteiger partial charge in [-0.2, -0.15) is 8.42 Å². The number of aromatic nitrogens is 1. The number of halogens is 2. The van der Waals surface area contributed by atoms with E-state index in [0.717, 1.165) is 49.2 Å². The molecule has 0 unspecified atom stereocenters. The molecule has 2 aliphatic carbocycles. The Morgan fingerprint density at radius 1 is 1.10 bits per heavy atom. The molecule has 212 valence electrons. The first kappa shape index (κ1) is 27.7. The number of carbonyl (C=O) groups excluding carboxylic acids is 1. The molecule has 3 fully saturated rings. The van der Waals surface area contributed by atoms with E-state index in [1.165, 1.54) is 0 Å². The van der Waals surface area contributed by atoms with Gasteiger partial charge in [-0.05, 0) is 68.5 Å². The number of Topliss-reactive ketones (excluding diaryl/α,β-unsaturated/α-hetero) is 1. The van der Waals surface area contributed by atoms with Gasteiger partial charge in [0, 0.05) is 53.2 Å². The molecule has 0 amide bonds. The molecule has 2 aromatic carbocycles. The zero-order valence-corrected chi connectivity index (χ0v) is 24.1. The Morgan fingerprint density at radius 2 is 1.82 bits per heavy atom. The number of nitrogens with zero attached hydrogens (tertiary/aromatic N) is 2. The van der Waals surface area contributed by atoms with Crippen LogP contribution >= 0.6 is 23.2 Å². The maximum absolute atomic E-state index is 12.4. The van der Waals surface area contributed by atoms with Crippen LogP contribution < -0.4 is 4.90 Å². The molecule has 1 saturated heterocycles. The summed E-state index contributed by atoms with van der Waals surface area (Å²) in [6, 6.07) is 13.2. The van der Waals surface area contributed by atoms with E-state index in [2.05, 4.69) is 10.1 Å². The molecule has 0 spiro atoms. The van der Waals surface area contributed by atoms with Gasteiger partial charge in [-0.15, -0.1) is 0 Å². The number of hydrogen-bond donors (Lipinski definition) is 1. The van der Waals surface area contributed by atoms with Crippen molar-refractivity contribution in [3.05, 3.63) is 69.4 Å². The van der Waals surface area contributed by atoms with E-state index in [9.17, 15) is 13.2 Å². The molecule has 2 saturated carbocycles. The van der Waals surface area contributed by atoms with Crippen molar-refractivity contribution in [3.63, 3.8) is 0 Å². The van der Waals surface area contributed by atoms with Crippen molar-refractivity contribution >= 4 is 44.8 Å². The molecule has 1 aliphatic heterocycles. The fourth-order valence-electron chi connectivity index (χ4n) is 6.06. The minimum atomic E-state index is -4.06. The summed E-state index contributed by atoms with van der Waals surface area (Å²) in [6.45, 7) is 1.27. The highest BCUT2D eigenvalue weighted by Crippen LogP contribution is 2.47. The molecule has 0 radical (unpaired) electrons. The molecule has 8 nitrogen and oxygen atoms in total. The van der Waals surface area contributed by atoms with Crippen LogP contribution in [0.15, 0.2) is 47.0 Å². The molecular formula is C29H30Cl2N2O6S. The first-order valence-electron chi connectivity index (χ1n) is 13.6. The van der Waals surface area contributed by atoms with Crippen molar-refractivity contribution in [2.45, 2.75) is 63.2 Å². The minimum Gasteiger partial charge on any atom is -0.373 e. The van der Waals surface area contributed by atoms with Crippen LogP contribution in [0.5, 0.6) is 0 Å². The van der Waals surface area contributed by atoms with Crippen LogP contribution in [-0.4, -0.2) is 48.4 Å². The highest BCUT2D eigenvalue weighted by Gasteiger charge is 2.45. The average molecular weight is 606 g/mol. The average Bonchev–Trinajstić information content (AvgIpc) is 3.36. The van der Waals surface area contributed by atoms with Crippen molar-refractivity contribution in [1.29, 1.82) is 0 Å². The second kappa shape index (κ2) is 11.1. The van der Waals surface area contributed by atoms with Gasteiger partial charge in [0.2, 0.25) is 0 Å². The summed E-state index contributed by atoms with van der Waals surface area (Å²) in [4.78, 5) is 14.8. The van der Waals surface area contributed by atoms with Crippen molar-refractivity contribution in [2.24, 2.45) is 5.92 Å². The molecule has 2 heterocycles. The maximum Gasteiger partial charge on any atom is 0.264 e. The highest BCUT2D eigenvalue weighted by molar-refractivity contribution is 7.85. The number of ketones is 1. The van der Waals surface area contributed by atoms with Crippen LogP contribution in [0.1, 0.15) is 66.1 Å². The van der Waals surface area contributed by atoms with Gasteiger partial charge in [0.05, 0.1) is 28.5 Å². The molecule has 3 aromatic rings. The fraction of sp³-hybridized carbons (Fsp3) is 0.448. The third-order valence-corrected chi connectivity index (χ3v) is 9.65. The lowest BCUT2D eigenvalue weighted by Gasteiger charge is -2.33. The standard InChI is InChI=1S/C29H30Cl2N2O6S/c30-23-3-1-4-24(31)27(23)28-22(29(39-32-28)18-6-7-18)16-38-26-14-21-13-19(26)15-33(21)20-10-8-17(9-11-20)25(34)5-2-12-40(35,36)37/h1,3-4,8-11,18-19,21,26H,2,5-7,12-16H2,(H,35,36,37)/t19-,21-,26+/m0/s1. The van der Waals surface area contributed by atoms with Gasteiger partial charge in [-0.3, -0.25) is 9.35 Å². The second-order valence-electron chi connectivity index (χ2n) is 11.0. The lowest BCUT2D eigenvalue weighted by atomic mass is 10.0. The van der Waals surface area contributed by atoms with Gasteiger partial charge >= 0.3 is 0 Å². The lowest BCUT2D eigenvalue weighted by Crippen LogP contribution is -2.38. The summed E-state index contributed by atoms with van der Waals surface area (Å²) >= 11 is 13.0. The minimum absolute atomic E-state index is 0.0750. The Balaban J connectivity index is 1.08. The van der Waals surface area contributed by atoms with Crippen LogP contribution in [0.25, 0.3) is 11.3 Å². The Bertz CT molecular complexity index is 1500. The molecule has 11 heteroatoms. The zero-order valence-electron chi connectivity index (χ0n) is 21.8. The Kier molecular flexibility index (Phi) is 7.69. The van der Waals surface area contributed by atoms with Gasteiger partial charge in [-0.25, -0.2) is 0 Å². The van der Waals surface area contributed by atoms with E-state index < -0.39 is 15.9 Å². The molecule has 2 bridgehead atoms. The third kappa shape index (κ3) is 5.81. The van der Waals surface area contributed by atoms with Crippen molar-refractivity contribution in [1.82, 2.24) is 5.16 Å². The summed E-state index contributed by atoms with van der Waals surface area (Å²) in [5.74, 6) is 1.09. The Morgan fingerprint density at radius 3 is 2.45 bits per heavy atom. The topological polar surface area (TPSA) is 110 Å². The van der Waals surface area contributed by atoms with Crippen LogP contribution in [0.4, 0.5) is 5.69 Å². The smallest absolute Gasteiger partial charge is 0.264 e. The fourth-order valence-corrected chi connectivity index (χ4v) is 7.15. The SMILES string of the molecule is O=C(CCCS(=O)(=O)O)c1ccc(N2C[C@@H]3C[C@H]2C[C@H]3OCc2c(-c3c(Cl)cccc3Cl)noc2C2CC2)cc1. The zero-order chi connectivity index (χ0) is 28.0. The van der Waals surface area contributed by atoms with Gasteiger partial charge in [0.15, 0.2) is 5.78 Å². The van der Waals surface area contributed by atoms with E-state index >= 15 is 0 Å². The number of hydrogen-bond acceptors (Lipinski definition) is 7. The summed E-state index contributed by atoms with van der Waals surface area (Å²) in [6.07, 6.45) is 4.41. The lowest BCUT2D eigenvalue weighted by molar-refractivity contribution is 0.0122. The van der Waals surface area contributed by atoms with Crippen LogP contribution in [0, 0.1) is 5.92 Å². The summed E-state index contributed by atoms with van der Waals surface area (Å²) < 4.78 is 42.9. The number of carbonyl (C=O) groups is 1. The van der Waals surface area contributed by atoms with E-state index in [1.54, 1.807) is 24.3 Å². The largest absolute Gasteiger partial charge is 0.373 e. The van der Waals surface area contributed by atoms with E-state index in [0.29, 0.717) is 51.4 Å². The quantitative estimate of drug-likeness (QED) is 0.193. The van der Waals surface area contributed by atoms with Crippen molar-refractivity contribution in [3.8, 4) is 11.3 Å². The van der Waals surface area contributed by atoms with Crippen molar-refractivity contribution < 1.29 is 27.0 Å².